The average molecular weight is 669 g/mol. The van der Waals surface area contributed by atoms with Gasteiger partial charge in [-0.2, -0.15) is 0 Å². The van der Waals surface area contributed by atoms with Gasteiger partial charge in [0.2, 0.25) is 0 Å². The third-order valence-corrected chi connectivity index (χ3v) is 9.87. The van der Waals surface area contributed by atoms with Crippen LogP contribution in [0.1, 0.15) is 219 Å². The molecule has 0 bridgehead atoms. The molecule has 0 aromatic heterocycles. The van der Waals surface area contributed by atoms with Crippen LogP contribution in [0, 0.1) is 5.41 Å². The van der Waals surface area contributed by atoms with E-state index < -0.39 is 0 Å². The fourth-order valence-electron chi connectivity index (χ4n) is 6.43. The molecule has 0 saturated carbocycles. The number of ether oxygens (including phenoxy) is 2. The summed E-state index contributed by atoms with van der Waals surface area (Å²) in [5.74, 6) is -0.0771. The molecule has 6 heteroatoms. The second-order valence-corrected chi connectivity index (χ2v) is 14.4. The Kier molecular flexibility index (Phi) is 35.3. The van der Waals surface area contributed by atoms with Crippen LogP contribution in [0.5, 0.6) is 0 Å². The second kappa shape index (κ2) is 36.1. The van der Waals surface area contributed by atoms with Crippen molar-refractivity contribution < 1.29 is 29.3 Å². The van der Waals surface area contributed by atoms with E-state index in [0.717, 1.165) is 103 Å². The van der Waals surface area contributed by atoms with E-state index in [-0.39, 0.29) is 30.6 Å². The van der Waals surface area contributed by atoms with Crippen molar-refractivity contribution in [1.82, 2.24) is 0 Å². The molecular formula is C41H80O6. The Morgan fingerprint density at radius 3 is 1.00 bits per heavy atom. The minimum Gasteiger partial charge on any atom is -0.466 e. The molecule has 0 heterocycles. The molecule has 0 radical (unpaired) electrons. The third-order valence-electron chi connectivity index (χ3n) is 9.87. The number of carbonyl (C=O) groups excluding carboxylic acids is 2. The quantitative estimate of drug-likeness (QED) is 0.0502. The maximum absolute atomic E-state index is 11.9. The lowest BCUT2D eigenvalue weighted by molar-refractivity contribution is -0.144. The van der Waals surface area contributed by atoms with Gasteiger partial charge in [0.05, 0.1) is 26.4 Å². The van der Waals surface area contributed by atoms with Gasteiger partial charge in [0.15, 0.2) is 0 Å². The van der Waals surface area contributed by atoms with Crippen molar-refractivity contribution in [2.45, 2.75) is 219 Å². The number of esters is 2. The predicted molar refractivity (Wildman–Crippen MR) is 198 cm³/mol. The lowest BCUT2D eigenvalue weighted by Crippen LogP contribution is -2.29. The van der Waals surface area contributed by atoms with Gasteiger partial charge in [-0.15, -0.1) is 0 Å². The molecule has 0 atom stereocenters. The molecule has 0 aromatic rings. The summed E-state index contributed by atoms with van der Waals surface area (Å²) in [6, 6.07) is 0. The molecule has 0 aromatic carbocycles. The average Bonchev–Trinajstić information content (AvgIpc) is 3.08. The lowest BCUT2D eigenvalue weighted by atomic mass is 9.79. The predicted octanol–water partition coefficient (Wildman–Crippen LogP) is 11.6. The fourth-order valence-corrected chi connectivity index (χ4v) is 6.43. The van der Waals surface area contributed by atoms with Crippen LogP contribution in [0.25, 0.3) is 0 Å². The van der Waals surface area contributed by atoms with Gasteiger partial charge >= 0.3 is 11.9 Å². The van der Waals surface area contributed by atoms with Crippen molar-refractivity contribution in [3.8, 4) is 0 Å². The van der Waals surface area contributed by atoms with E-state index in [1.54, 1.807) is 0 Å². The number of unbranched alkanes of at least 4 members (excludes halogenated alkanes) is 24. The van der Waals surface area contributed by atoms with E-state index >= 15 is 0 Å². The summed E-state index contributed by atoms with van der Waals surface area (Å²) >= 11 is 0. The standard InChI is InChI=1S/C41H80O6/c1-3-5-7-9-17-23-29-35-46-39(44)31-25-19-13-11-15-21-27-33-41(37-42,38-43)34-28-22-16-12-14-20-26-32-40(45)47-36-30-24-18-10-8-6-4-2/h42-43H,3-38H2,1-2H3. The van der Waals surface area contributed by atoms with Crippen molar-refractivity contribution in [2.75, 3.05) is 26.4 Å². The van der Waals surface area contributed by atoms with Crippen LogP contribution in [0.15, 0.2) is 0 Å². The largest absolute Gasteiger partial charge is 0.466 e. The molecule has 0 aliphatic rings. The number of hydrogen-bond acceptors (Lipinski definition) is 6. The number of rotatable bonds is 38. The second-order valence-electron chi connectivity index (χ2n) is 14.4. The van der Waals surface area contributed by atoms with Crippen molar-refractivity contribution in [3.63, 3.8) is 0 Å². The maximum atomic E-state index is 11.9. The van der Waals surface area contributed by atoms with Crippen LogP contribution in [0.2, 0.25) is 0 Å². The summed E-state index contributed by atoms with van der Waals surface area (Å²) in [6.07, 6.45) is 35.5. The zero-order valence-corrected chi connectivity index (χ0v) is 31.5. The summed E-state index contributed by atoms with van der Waals surface area (Å²) in [5.41, 5.74) is -0.342. The number of carbonyl (C=O) groups is 2. The molecule has 0 aliphatic carbocycles. The topological polar surface area (TPSA) is 93.1 Å². The summed E-state index contributed by atoms with van der Waals surface area (Å²) < 4.78 is 10.8. The van der Waals surface area contributed by atoms with Gasteiger partial charge in [-0.3, -0.25) is 9.59 Å². The van der Waals surface area contributed by atoms with Gasteiger partial charge < -0.3 is 19.7 Å². The highest BCUT2D eigenvalue weighted by Gasteiger charge is 2.27. The van der Waals surface area contributed by atoms with E-state index in [9.17, 15) is 19.8 Å². The Labute approximate surface area is 291 Å². The van der Waals surface area contributed by atoms with Gasteiger partial charge in [0, 0.05) is 18.3 Å². The van der Waals surface area contributed by atoms with Crippen LogP contribution in [0.3, 0.4) is 0 Å². The highest BCUT2D eigenvalue weighted by Crippen LogP contribution is 2.31. The van der Waals surface area contributed by atoms with E-state index in [4.69, 9.17) is 9.47 Å². The first kappa shape index (κ1) is 45.9. The zero-order chi connectivity index (χ0) is 34.5. The molecule has 0 rings (SSSR count). The molecule has 0 saturated heterocycles. The first-order valence-corrected chi connectivity index (χ1v) is 20.6. The van der Waals surface area contributed by atoms with Crippen molar-refractivity contribution in [1.29, 1.82) is 0 Å². The maximum Gasteiger partial charge on any atom is 0.305 e. The van der Waals surface area contributed by atoms with Crippen LogP contribution >= 0.6 is 0 Å². The Bertz CT molecular complexity index is 610. The van der Waals surface area contributed by atoms with E-state index in [1.165, 1.54) is 89.9 Å². The van der Waals surface area contributed by atoms with Gasteiger partial charge in [-0.05, 0) is 38.5 Å². The van der Waals surface area contributed by atoms with Gasteiger partial charge in [0.25, 0.3) is 0 Å². The van der Waals surface area contributed by atoms with Crippen molar-refractivity contribution >= 4 is 11.9 Å². The first-order chi connectivity index (χ1) is 23.0. The number of hydrogen-bond donors (Lipinski definition) is 2. The smallest absolute Gasteiger partial charge is 0.305 e. The van der Waals surface area contributed by atoms with Crippen LogP contribution in [-0.2, 0) is 19.1 Å². The minimum atomic E-state index is -0.342. The van der Waals surface area contributed by atoms with E-state index in [2.05, 4.69) is 13.8 Å². The highest BCUT2D eigenvalue weighted by molar-refractivity contribution is 5.69. The van der Waals surface area contributed by atoms with Gasteiger partial charge in [-0.25, -0.2) is 0 Å². The lowest BCUT2D eigenvalue weighted by Gasteiger charge is -2.30. The van der Waals surface area contributed by atoms with E-state index in [1.807, 2.05) is 0 Å². The summed E-state index contributed by atoms with van der Waals surface area (Å²) in [5, 5.41) is 20.1. The molecule has 0 aliphatic heterocycles. The molecule has 6 nitrogen and oxygen atoms in total. The van der Waals surface area contributed by atoms with Crippen LogP contribution in [0.4, 0.5) is 0 Å². The summed E-state index contributed by atoms with van der Waals surface area (Å²) in [4.78, 5) is 23.8. The molecule has 0 fully saturated rings. The molecule has 0 unspecified atom stereocenters. The Hall–Kier alpha value is -1.14. The molecule has 2 N–H and O–H groups in total. The number of aliphatic hydroxyl groups is 2. The van der Waals surface area contributed by atoms with Crippen LogP contribution in [-0.4, -0.2) is 48.6 Å². The SMILES string of the molecule is CCCCCCCCCOC(=O)CCCCCCCCCC(CO)(CO)CCCCCCCCCC(=O)OCCCCCCCCC. The monoisotopic (exact) mass is 669 g/mol. The molecular weight excluding hydrogens is 588 g/mol. The minimum absolute atomic E-state index is 0.0385. The Morgan fingerprint density at radius 2 is 0.681 bits per heavy atom. The summed E-state index contributed by atoms with van der Waals surface area (Å²) in [7, 11) is 0. The van der Waals surface area contributed by atoms with Crippen LogP contribution < -0.4 is 0 Å². The third kappa shape index (κ3) is 31.9. The zero-order valence-electron chi connectivity index (χ0n) is 31.5. The summed E-state index contributed by atoms with van der Waals surface area (Å²) in [6.45, 7) is 5.75. The Balaban J connectivity index is 3.63. The van der Waals surface area contributed by atoms with Crippen molar-refractivity contribution in [3.05, 3.63) is 0 Å². The molecule has 0 spiro atoms. The molecule has 280 valence electrons. The van der Waals surface area contributed by atoms with E-state index in [0.29, 0.717) is 26.1 Å². The normalized spacial score (nSPS) is 11.7. The first-order valence-electron chi connectivity index (χ1n) is 20.6. The van der Waals surface area contributed by atoms with Crippen molar-refractivity contribution in [2.24, 2.45) is 5.41 Å². The van der Waals surface area contributed by atoms with Gasteiger partial charge in [0.1, 0.15) is 0 Å². The fraction of sp³-hybridized carbons (Fsp3) is 0.951. The molecule has 47 heavy (non-hydrogen) atoms. The molecule has 0 amide bonds. The Morgan fingerprint density at radius 1 is 0.404 bits per heavy atom. The number of aliphatic hydroxyl groups excluding tert-OH is 2. The van der Waals surface area contributed by atoms with Gasteiger partial charge in [-0.1, -0.05) is 168 Å². The highest BCUT2D eigenvalue weighted by atomic mass is 16.5.